The average Bonchev–Trinajstić information content (AvgIpc) is 2.45. The molecule has 24 heavy (non-hydrogen) atoms. The first-order valence-corrected chi connectivity index (χ1v) is 10.3. The lowest BCUT2D eigenvalue weighted by molar-refractivity contribution is 0.0694. The van der Waals surface area contributed by atoms with E-state index in [1.54, 1.807) is 0 Å². The van der Waals surface area contributed by atoms with Crippen molar-refractivity contribution < 1.29 is 13.2 Å². The second-order valence-electron chi connectivity index (χ2n) is 6.69. The Hall–Kier alpha value is -1.76. The number of fused-ring (bicyclic) bond motifs is 1. The molecule has 134 valence electrons. The Labute approximate surface area is 144 Å². The fraction of sp³-hybridized carbons (Fsp3) is 0.588. The highest BCUT2D eigenvalue weighted by atomic mass is 32.2. The van der Waals surface area contributed by atoms with Gasteiger partial charge in [-0.15, -0.1) is 0 Å². The van der Waals surface area contributed by atoms with Crippen molar-refractivity contribution in [3.63, 3.8) is 0 Å². The minimum absolute atomic E-state index is 0.0411. The summed E-state index contributed by atoms with van der Waals surface area (Å²) in [6, 6.07) is 8.02. The van der Waals surface area contributed by atoms with Gasteiger partial charge in [0.2, 0.25) is 0 Å². The van der Waals surface area contributed by atoms with Gasteiger partial charge in [-0.3, -0.25) is 4.99 Å². The first kappa shape index (κ1) is 18.6. The number of benzene rings is 1. The third-order valence-electron chi connectivity index (χ3n) is 3.76. The molecule has 0 saturated heterocycles. The van der Waals surface area contributed by atoms with Crippen LogP contribution in [0.1, 0.15) is 38.8 Å². The van der Waals surface area contributed by atoms with Crippen LogP contribution in [0.3, 0.4) is 0 Å². The SMILES string of the molecule is CCNC(=NCCS(C)(=O)=O)NC1CC(C)(C)Oc2ccccc21. The molecule has 0 aromatic heterocycles. The van der Waals surface area contributed by atoms with E-state index in [0.717, 1.165) is 17.7 Å². The van der Waals surface area contributed by atoms with Gasteiger partial charge in [0.1, 0.15) is 21.2 Å². The average molecular weight is 353 g/mol. The molecule has 1 aromatic rings. The lowest BCUT2D eigenvalue weighted by Crippen LogP contribution is -2.45. The van der Waals surface area contributed by atoms with Gasteiger partial charge in [-0.05, 0) is 26.8 Å². The van der Waals surface area contributed by atoms with E-state index in [4.69, 9.17) is 4.74 Å². The fourth-order valence-electron chi connectivity index (χ4n) is 2.74. The van der Waals surface area contributed by atoms with Crippen LogP contribution in [0, 0.1) is 0 Å². The normalized spacial score (nSPS) is 20.0. The van der Waals surface area contributed by atoms with Crippen LogP contribution in [0.15, 0.2) is 29.3 Å². The van der Waals surface area contributed by atoms with E-state index in [9.17, 15) is 8.42 Å². The lowest BCUT2D eigenvalue weighted by Gasteiger charge is -2.38. The zero-order valence-electron chi connectivity index (χ0n) is 14.8. The van der Waals surface area contributed by atoms with Crippen molar-refractivity contribution >= 4 is 15.8 Å². The minimum Gasteiger partial charge on any atom is -0.487 e. The summed E-state index contributed by atoms with van der Waals surface area (Å²) in [5.74, 6) is 1.54. The molecule has 0 saturated carbocycles. The van der Waals surface area contributed by atoms with E-state index in [1.165, 1.54) is 6.26 Å². The summed E-state index contributed by atoms with van der Waals surface area (Å²) in [4.78, 5) is 4.39. The fourth-order valence-corrected chi connectivity index (χ4v) is 3.16. The molecule has 0 fully saturated rings. The van der Waals surface area contributed by atoms with Crippen molar-refractivity contribution in [2.45, 2.75) is 38.8 Å². The number of para-hydroxylation sites is 1. The molecule has 2 rings (SSSR count). The molecule has 1 aliphatic heterocycles. The molecule has 1 aliphatic rings. The molecule has 7 heteroatoms. The number of aliphatic imine (C=N–C) groups is 1. The summed E-state index contributed by atoms with van der Waals surface area (Å²) in [6.45, 7) is 7.05. The van der Waals surface area contributed by atoms with Gasteiger partial charge in [0, 0.05) is 24.8 Å². The van der Waals surface area contributed by atoms with Crippen molar-refractivity contribution in [3.8, 4) is 5.75 Å². The predicted octanol–water partition coefficient (Wildman–Crippen LogP) is 1.89. The first-order valence-electron chi connectivity index (χ1n) is 8.21. The maximum absolute atomic E-state index is 11.3. The molecule has 1 atom stereocenters. The van der Waals surface area contributed by atoms with E-state index >= 15 is 0 Å². The standard InChI is InChI=1S/C17H27N3O3S/c1-5-18-16(19-10-11-24(4,21)22)20-14-12-17(2,3)23-15-9-7-6-8-13(14)15/h6-9,14H,5,10-12H2,1-4H3,(H2,18,19,20). The summed E-state index contributed by atoms with van der Waals surface area (Å²) >= 11 is 0. The molecule has 2 N–H and O–H groups in total. The third-order valence-corrected chi connectivity index (χ3v) is 4.69. The summed E-state index contributed by atoms with van der Waals surface area (Å²) in [7, 11) is -3.02. The number of sulfone groups is 1. The molecule has 0 radical (unpaired) electrons. The largest absolute Gasteiger partial charge is 0.487 e. The van der Waals surface area contributed by atoms with Gasteiger partial charge in [-0.25, -0.2) is 8.42 Å². The lowest BCUT2D eigenvalue weighted by atomic mass is 9.90. The smallest absolute Gasteiger partial charge is 0.191 e. The Bertz CT molecular complexity index is 699. The maximum atomic E-state index is 11.3. The van der Waals surface area contributed by atoms with Gasteiger partial charge >= 0.3 is 0 Å². The monoisotopic (exact) mass is 353 g/mol. The zero-order valence-corrected chi connectivity index (χ0v) is 15.6. The van der Waals surface area contributed by atoms with Crippen molar-refractivity contribution in [2.75, 3.05) is 25.1 Å². The zero-order chi connectivity index (χ0) is 17.8. The van der Waals surface area contributed by atoms with Crippen LogP contribution >= 0.6 is 0 Å². The second kappa shape index (κ2) is 7.42. The summed E-state index contributed by atoms with van der Waals surface area (Å²) < 4.78 is 28.6. The number of nitrogens with zero attached hydrogens (tertiary/aromatic N) is 1. The molecule has 6 nitrogen and oxygen atoms in total. The van der Waals surface area contributed by atoms with E-state index in [1.807, 2.05) is 31.2 Å². The van der Waals surface area contributed by atoms with Gasteiger partial charge in [0.15, 0.2) is 5.96 Å². The van der Waals surface area contributed by atoms with E-state index in [-0.39, 0.29) is 23.9 Å². The van der Waals surface area contributed by atoms with Crippen LogP contribution in [0.25, 0.3) is 0 Å². The molecule has 0 amide bonds. The van der Waals surface area contributed by atoms with Gasteiger partial charge < -0.3 is 15.4 Å². The van der Waals surface area contributed by atoms with Crippen molar-refractivity contribution in [3.05, 3.63) is 29.8 Å². The van der Waals surface area contributed by atoms with Gasteiger partial charge in [0.25, 0.3) is 0 Å². The summed E-state index contributed by atoms with van der Waals surface area (Å²) in [6.07, 6.45) is 2.01. The number of rotatable bonds is 5. The molecular formula is C17H27N3O3S. The van der Waals surface area contributed by atoms with Crippen molar-refractivity contribution in [1.82, 2.24) is 10.6 Å². The third kappa shape index (κ3) is 5.40. The molecule has 1 unspecified atom stereocenters. The highest BCUT2D eigenvalue weighted by Gasteiger charge is 2.33. The molecule has 0 bridgehead atoms. The predicted molar refractivity (Wildman–Crippen MR) is 97.3 cm³/mol. The number of ether oxygens (including phenoxy) is 1. The van der Waals surface area contributed by atoms with Crippen LogP contribution < -0.4 is 15.4 Å². The Morgan fingerprint density at radius 3 is 2.75 bits per heavy atom. The van der Waals surface area contributed by atoms with E-state index < -0.39 is 9.84 Å². The van der Waals surface area contributed by atoms with Crippen LogP contribution in [-0.4, -0.2) is 45.1 Å². The highest BCUT2D eigenvalue weighted by molar-refractivity contribution is 7.90. The molecule has 0 spiro atoms. The van der Waals surface area contributed by atoms with Crippen LogP contribution in [-0.2, 0) is 9.84 Å². The van der Waals surface area contributed by atoms with Gasteiger partial charge in [-0.1, -0.05) is 18.2 Å². The Morgan fingerprint density at radius 2 is 2.08 bits per heavy atom. The first-order chi connectivity index (χ1) is 11.2. The number of nitrogens with one attached hydrogen (secondary N) is 2. The molecule has 0 aliphatic carbocycles. The van der Waals surface area contributed by atoms with Crippen molar-refractivity contribution in [1.29, 1.82) is 0 Å². The molecule has 1 aromatic carbocycles. The van der Waals surface area contributed by atoms with E-state index in [2.05, 4.69) is 29.5 Å². The topological polar surface area (TPSA) is 79.8 Å². The summed E-state index contributed by atoms with van der Waals surface area (Å²) in [5.41, 5.74) is 0.807. The Morgan fingerprint density at radius 1 is 1.38 bits per heavy atom. The number of hydrogen-bond donors (Lipinski definition) is 2. The van der Waals surface area contributed by atoms with Gasteiger partial charge in [0.05, 0.1) is 18.3 Å². The molecular weight excluding hydrogens is 326 g/mol. The molecule has 1 heterocycles. The van der Waals surface area contributed by atoms with Crippen LogP contribution in [0.4, 0.5) is 0 Å². The van der Waals surface area contributed by atoms with Crippen molar-refractivity contribution in [2.24, 2.45) is 4.99 Å². The highest BCUT2D eigenvalue weighted by Crippen LogP contribution is 2.39. The Balaban J connectivity index is 2.17. The van der Waals surface area contributed by atoms with Crippen LogP contribution in [0.5, 0.6) is 5.75 Å². The quantitative estimate of drug-likeness (QED) is 0.624. The Kier molecular flexibility index (Phi) is 5.74. The van der Waals surface area contributed by atoms with Crippen LogP contribution in [0.2, 0.25) is 0 Å². The minimum atomic E-state index is -3.02. The van der Waals surface area contributed by atoms with Gasteiger partial charge in [-0.2, -0.15) is 0 Å². The maximum Gasteiger partial charge on any atom is 0.191 e. The number of hydrogen-bond acceptors (Lipinski definition) is 4. The second-order valence-corrected chi connectivity index (χ2v) is 8.95. The number of guanidine groups is 1. The van der Waals surface area contributed by atoms with E-state index in [0.29, 0.717) is 12.5 Å². The summed E-state index contributed by atoms with van der Waals surface area (Å²) in [5, 5.41) is 6.60.